The molecule has 20 heavy (non-hydrogen) atoms. The molecule has 1 aliphatic heterocycles. The molecule has 2 atom stereocenters. The van der Waals surface area contributed by atoms with Crippen LogP contribution in [0.2, 0.25) is 0 Å². The van der Waals surface area contributed by atoms with Crippen molar-refractivity contribution < 1.29 is 14.3 Å². The number of nitrogens with zero attached hydrogens (tertiary/aromatic N) is 1. The molecule has 0 aliphatic carbocycles. The van der Waals surface area contributed by atoms with Gasteiger partial charge >= 0.3 is 0 Å². The number of rotatable bonds is 7. The maximum absolute atomic E-state index is 12.5. The van der Waals surface area contributed by atoms with Crippen LogP contribution < -0.4 is 5.32 Å². The third-order valence-electron chi connectivity index (χ3n) is 3.95. The Balaban J connectivity index is 2.85. The van der Waals surface area contributed by atoms with Crippen molar-refractivity contribution in [3.8, 4) is 0 Å². The second kappa shape index (κ2) is 7.07. The van der Waals surface area contributed by atoms with Crippen molar-refractivity contribution in [3.05, 3.63) is 0 Å². The van der Waals surface area contributed by atoms with Crippen LogP contribution in [0.5, 0.6) is 0 Å². The highest BCUT2D eigenvalue weighted by molar-refractivity contribution is 5.96. The van der Waals surface area contributed by atoms with Crippen LogP contribution in [0.3, 0.4) is 0 Å². The minimum absolute atomic E-state index is 0.0264. The SMILES string of the molecule is CCC1NC(=O)C(CC)N(CC(C)(C)CCOC)C1=O. The summed E-state index contributed by atoms with van der Waals surface area (Å²) in [6, 6.07) is -0.712. The maximum Gasteiger partial charge on any atom is 0.245 e. The quantitative estimate of drug-likeness (QED) is 0.772. The Morgan fingerprint density at radius 1 is 1.25 bits per heavy atom. The molecule has 1 heterocycles. The van der Waals surface area contributed by atoms with E-state index < -0.39 is 0 Å². The molecule has 0 aromatic carbocycles. The number of nitrogens with one attached hydrogen (secondary N) is 1. The average Bonchev–Trinajstić information content (AvgIpc) is 2.40. The zero-order chi connectivity index (χ0) is 15.3. The van der Waals surface area contributed by atoms with Gasteiger partial charge in [-0.15, -0.1) is 0 Å². The van der Waals surface area contributed by atoms with Crippen molar-refractivity contribution in [3.63, 3.8) is 0 Å². The van der Waals surface area contributed by atoms with Crippen LogP contribution in [-0.2, 0) is 14.3 Å². The lowest BCUT2D eigenvalue weighted by Gasteiger charge is -2.42. The van der Waals surface area contributed by atoms with E-state index in [1.807, 2.05) is 13.8 Å². The van der Waals surface area contributed by atoms with Crippen molar-refractivity contribution in [2.75, 3.05) is 20.3 Å². The smallest absolute Gasteiger partial charge is 0.245 e. The predicted octanol–water partition coefficient (Wildman–Crippen LogP) is 1.56. The van der Waals surface area contributed by atoms with Crippen molar-refractivity contribution in [1.82, 2.24) is 10.2 Å². The lowest BCUT2D eigenvalue weighted by Crippen LogP contribution is -2.64. The summed E-state index contributed by atoms with van der Waals surface area (Å²) in [4.78, 5) is 26.4. The van der Waals surface area contributed by atoms with E-state index in [0.717, 1.165) is 6.42 Å². The van der Waals surface area contributed by atoms with E-state index in [-0.39, 0.29) is 29.3 Å². The molecule has 5 nitrogen and oxygen atoms in total. The van der Waals surface area contributed by atoms with E-state index >= 15 is 0 Å². The Bertz CT molecular complexity index is 355. The molecule has 0 spiro atoms. The zero-order valence-electron chi connectivity index (χ0n) is 13.4. The van der Waals surface area contributed by atoms with Gasteiger partial charge in [0.15, 0.2) is 0 Å². The van der Waals surface area contributed by atoms with Gasteiger partial charge in [-0.25, -0.2) is 0 Å². The van der Waals surface area contributed by atoms with Crippen molar-refractivity contribution >= 4 is 11.8 Å². The summed E-state index contributed by atoms with van der Waals surface area (Å²) in [6.07, 6.45) is 2.15. The first-order valence-electron chi connectivity index (χ1n) is 7.46. The number of carbonyl (C=O) groups excluding carboxylic acids is 2. The van der Waals surface area contributed by atoms with Crippen LogP contribution >= 0.6 is 0 Å². The normalized spacial score (nSPS) is 23.9. The summed E-state index contributed by atoms with van der Waals surface area (Å²) >= 11 is 0. The fraction of sp³-hybridized carbons (Fsp3) is 0.867. The minimum atomic E-state index is -0.372. The summed E-state index contributed by atoms with van der Waals surface area (Å²) < 4.78 is 5.13. The lowest BCUT2D eigenvalue weighted by atomic mass is 9.87. The summed E-state index contributed by atoms with van der Waals surface area (Å²) in [5.74, 6) is 0.0194. The summed E-state index contributed by atoms with van der Waals surface area (Å²) in [5.41, 5.74) is -0.0605. The van der Waals surface area contributed by atoms with E-state index in [2.05, 4.69) is 19.2 Å². The number of hydrogen-bond donors (Lipinski definition) is 1. The van der Waals surface area contributed by atoms with E-state index in [4.69, 9.17) is 4.74 Å². The van der Waals surface area contributed by atoms with Gasteiger partial charge in [-0.05, 0) is 24.7 Å². The number of ether oxygens (including phenoxy) is 1. The summed E-state index contributed by atoms with van der Waals surface area (Å²) in [6.45, 7) is 9.34. The molecule has 0 aromatic rings. The number of carbonyl (C=O) groups is 2. The Morgan fingerprint density at radius 2 is 1.90 bits per heavy atom. The topological polar surface area (TPSA) is 58.6 Å². The Hall–Kier alpha value is -1.10. The summed E-state index contributed by atoms with van der Waals surface area (Å²) in [5, 5.41) is 2.82. The molecule has 0 saturated carbocycles. The molecular formula is C15H28N2O3. The first-order chi connectivity index (χ1) is 9.36. The summed E-state index contributed by atoms with van der Waals surface area (Å²) in [7, 11) is 1.68. The molecule has 1 aliphatic rings. The molecule has 1 rings (SSSR count). The van der Waals surface area contributed by atoms with Gasteiger partial charge < -0.3 is 15.0 Å². The van der Waals surface area contributed by atoms with Gasteiger partial charge in [-0.1, -0.05) is 27.7 Å². The van der Waals surface area contributed by atoms with Crippen molar-refractivity contribution in [2.24, 2.45) is 5.41 Å². The molecule has 116 valence electrons. The van der Waals surface area contributed by atoms with Gasteiger partial charge in [0.25, 0.3) is 0 Å². The van der Waals surface area contributed by atoms with Gasteiger partial charge in [0.2, 0.25) is 11.8 Å². The van der Waals surface area contributed by atoms with E-state index in [0.29, 0.717) is 26.0 Å². The van der Waals surface area contributed by atoms with Gasteiger partial charge in [0.1, 0.15) is 12.1 Å². The highest BCUT2D eigenvalue weighted by Crippen LogP contribution is 2.26. The fourth-order valence-electron chi connectivity index (χ4n) is 2.61. The van der Waals surface area contributed by atoms with Crippen LogP contribution in [0.4, 0.5) is 0 Å². The molecular weight excluding hydrogens is 256 g/mol. The molecule has 0 bridgehead atoms. The number of piperazine rings is 1. The second-order valence-corrected chi connectivity index (χ2v) is 6.27. The molecule has 2 amide bonds. The monoisotopic (exact) mass is 284 g/mol. The van der Waals surface area contributed by atoms with E-state index in [1.165, 1.54) is 0 Å². The lowest BCUT2D eigenvalue weighted by molar-refractivity contribution is -0.151. The zero-order valence-corrected chi connectivity index (χ0v) is 13.4. The highest BCUT2D eigenvalue weighted by Gasteiger charge is 2.40. The molecule has 0 radical (unpaired) electrons. The molecule has 1 saturated heterocycles. The average molecular weight is 284 g/mol. The second-order valence-electron chi connectivity index (χ2n) is 6.27. The van der Waals surface area contributed by atoms with Crippen molar-refractivity contribution in [2.45, 2.75) is 59.0 Å². The third kappa shape index (κ3) is 3.95. The Morgan fingerprint density at radius 3 is 2.40 bits per heavy atom. The first kappa shape index (κ1) is 17.0. The molecule has 2 unspecified atom stereocenters. The number of amides is 2. The molecule has 1 N–H and O–H groups in total. The fourth-order valence-corrected chi connectivity index (χ4v) is 2.61. The molecule has 0 aromatic heterocycles. The van der Waals surface area contributed by atoms with Gasteiger partial charge in [-0.2, -0.15) is 0 Å². The molecule has 1 fully saturated rings. The molecule has 5 heteroatoms. The van der Waals surface area contributed by atoms with Crippen LogP contribution in [0.15, 0.2) is 0 Å². The third-order valence-corrected chi connectivity index (χ3v) is 3.95. The maximum atomic E-state index is 12.5. The standard InChI is InChI=1S/C15H28N2O3/c1-6-11-14(19)17(12(7-2)13(18)16-11)10-15(3,4)8-9-20-5/h11-12H,6-10H2,1-5H3,(H,16,18). The highest BCUT2D eigenvalue weighted by atomic mass is 16.5. The Kier molecular flexibility index (Phi) is 5.99. The number of hydrogen-bond acceptors (Lipinski definition) is 3. The van der Waals surface area contributed by atoms with Crippen LogP contribution in [0.1, 0.15) is 47.0 Å². The predicted molar refractivity (Wildman–Crippen MR) is 78.3 cm³/mol. The number of methoxy groups -OCH3 is 1. The Labute approximate surface area is 122 Å². The van der Waals surface area contributed by atoms with Crippen LogP contribution in [-0.4, -0.2) is 49.1 Å². The van der Waals surface area contributed by atoms with Gasteiger partial charge in [-0.3, -0.25) is 9.59 Å². The van der Waals surface area contributed by atoms with Gasteiger partial charge in [0.05, 0.1) is 0 Å². The van der Waals surface area contributed by atoms with Crippen molar-refractivity contribution in [1.29, 1.82) is 0 Å². The van der Waals surface area contributed by atoms with E-state index in [9.17, 15) is 9.59 Å². The largest absolute Gasteiger partial charge is 0.385 e. The minimum Gasteiger partial charge on any atom is -0.385 e. The first-order valence-corrected chi connectivity index (χ1v) is 7.46. The van der Waals surface area contributed by atoms with Crippen LogP contribution in [0.25, 0.3) is 0 Å². The van der Waals surface area contributed by atoms with E-state index in [1.54, 1.807) is 12.0 Å². The van der Waals surface area contributed by atoms with Crippen LogP contribution in [0, 0.1) is 5.41 Å². The van der Waals surface area contributed by atoms with Gasteiger partial charge in [0, 0.05) is 20.3 Å².